The summed E-state index contributed by atoms with van der Waals surface area (Å²) in [4.78, 5) is 2.67. The molecule has 1 heterocycles. The molecule has 1 spiro atoms. The smallest absolute Gasteiger partial charge is 0.0672 e. The number of nitrogens with one attached hydrogen (secondary N) is 1. The van der Waals surface area contributed by atoms with Crippen molar-refractivity contribution in [1.29, 1.82) is 0 Å². The zero-order valence-corrected chi connectivity index (χ0v) is 13.4. The molecule has 1 aliphatic carbocycles. The van der Waals surface area contributed by atoms with Gasteiger partial charge >= 0.3 is 0 Å². The predicted octanol–water partition coefficient (Wildman–Crippen LogP) is 2.97. The number of hydrogen-bond donors (Lipinski definition) is 1. The zero-order chi connectivity index (χ0) is 14.4. The van der Waals surface area contributed by atoms with E-state index in [0.29, 0.717) is 18.2 Å². The molecular formula is C17H32N2O. The highest BCUT2D eigenvalue weighted by atomic mass is 16.5. The largest absolute Gasteiger partial charge is 0.376 e. The van der Waals surface area contributed by atoms with Gasteiger partial charge in [-0.05, 0) is 26.2 Å². The minimum absolute atomic E-state index is 0.401. The molecule has 3 nitrogen and oxygen atoms in total. The van der Waals surface area contributed by atoms with Gasteiger partial charge in [0, 0.05) is 31.2 Å². The van der Waals surface area contributed by atoms with Crippen LogP contribution in [0.4, 0.5) is 0 Å². The molecule has 116 valence electrons. The monoisotopic (exact) mass is 280 g/mol. The lowest BCUT2D eigenvalue weighted by molar-refractivity contribution is 0.0298. The molecule has 0 radical (unpaired) electrons. The Morgan fingerprint density at radius 2 is 2.10 bits per heavy atom. The Bertz CT molecular complexity index is 310. The average Bonchev–Trinajstić information content (AvgIpc) is 2.44. The maximum atomic E-state index is 5.70. The van der Waals surface area contributed by atoms with E-state index < -0.39 is 0 Å². The summed E-state index contributed by atoms with van der Waals surface area (Å²) in [5.41, 5.74) is 1.51. The van der Waals surface area contributed by atoms with Crippen molar-refractivity contribution in [3.8, 4) is 0 Å². The third kappa shape index (κ3) is 4.31. The van der Waals surface area contributed by atoms with Crippen LogP contribution in [0, 0.1) is 0 Å². The first-order valence-corrected chi connectivity index (χ1v) is 8.36. The number of ether oxygens (including phenoxy) is 1. The van der Waals surface area contributed by atoms with Crippen LogP contribution in [0.2, 0.25) is 0 Å². The van der Waals surface area contributed by atoms with Crippen LogP contribution in [0.5, 0.6) is 0 Å². The highest BCUT2D eigenvalue weighted by Gasteiger charge is 2.38. The summed E-state index contributed by atoms with van der Waals surface area (Å²) in [6.45, 7) is 13.2. The molecule has 2 fully saturated rings. The fourth-order valence-electron chi connectivity index (χ4n) is 3.69. The van der Waals surface area contributed by atoms with Gasteiger partial charge in [-0.2, -0.15) is 0 Å². The van der Waals surface area contributed by atoms with E-state index in [-0.39, 0.29) is 0 Å². The lowest BCUT2D eigenvalue weighted by atomic mass is 9.79. The van der Waals surface area contributed by atoms with Crippen LogP contribution >= 0.6 is 0 Å². The van der Waals surface area contributed by atoms with Gasteiger partial charge in [-0.25, -0.2) is 0 Å². The molecule has 20 heavy (non-hydrogen) atoms. The molecule has 1 unspecified atom stereocenters. The summed E-state index contributed by atoms with van der Waals surface area (Å²) in [5, 5.41) is 3.88. The molecule has 1 saturated heterocycles. The standard InChI is InChI=1S/C17H32N2O/c1-4-16-12-18-17(8-6-5-7-9-17)14-19(16)10-11-20-13-15(2)3/h16,18H,2,4-14H2,1,3H3. The minimum atomic E-state index is 0.401. The summed E-state index contributed by atoms with van der Waals surface area (Å²) >= 11 is 0. The lowest BCUT2D eigenvalue weighted by Crippen LogP contribution is -2.65. The fourth-order valence-corrected chi connectivity index (χ4v) is 3.69. The Balaban J connectivity index is 1.84. The first kappa shape index (κ1) is 16.0. The van der Waals surface area contributed by atoms with Crippen molar-refractivity contribution in [2.75, 3.05) is 32.8 Å². The van der Waals surface area contributed by atoms with Gasteiger partial charge < -0.3 is 10.1 Å². The maximum Gasteiger partial charge on any atom is 0.0672 e. The van der Waals surface area contributed by atoms with Gasteiger partial charge in [0.2, 0.25) is 0 Å². The summed E-state index contributed by atoms with van der Waals surface area (Å²) in [7, 11) is 0. The molecule has 1 N–H and O–H groups in total. The van der Waals surface area contributed by atoms with E-state index in [1.54, 1.807) is 0 Å². The number of hydrogen-bond acceptors (Lipinski definition) is 3. The van der Waals surface area contributed by atoms with Crippen LogP contribution < -0.4 is 5.32 Å². The van der Waals surface area contributed by atoms with Crippen LogP contribution in [0.3, 0.4) is 0 Å². The van der Waals surface area contributed by atoms with E-state index in [4.69, 9.17) is 4.74 Å². The number of piperazine rings is 1. The quantitative estimate of drug-likeness (QED) is 0.598. The number of rotatable bonds is 6. The molecule has 1 aliphatic heterocycles. The van der Waals surface area contributed by atoms with Crippen LogP contribution in [0.25, 0.3) is 0 Å². The fraction of sp³-hybridized carbons (Fsp3) is 0.882. The molecule has 0 aromatic carbocycles. The molecule has 0 aromatic rings. The predicted molar refractivity (Wildman–Crippen MR) is 85.1 cm³/mol. The average molecular weight is 280 g/mol. The van der Waals surface area contributed by atoms with Crippen LogP contribution in [0.15, 0.2) is 12.2 Å². The Hall–Kier alpha value is -0.380. The third-order valence-corrected chi connectivity index (χ3v) is 4.89. The highest BCUT2D eigenvalue weighted by Crippen LogP contribution is 2.32. The Labute approximate surface area is 124 Å². The summed E-state index contributed by atoms with van der Waals surface area (Å²) in [6.07, 6.45) is 8.14. The highest BCUT2D eigenvalue weighted by molar-refractivity contribution is 4.99. The van der Waals surface area contributed by atoms with Gasteiger partial charge in [-0.3, -0.25) is 4.90 Å². The van der Waals surface area contributed by atoms with Crippen LogP contribution in [0.1, 0.15) is 52.4 Å². The number of nitrogens with zero attached hydrogens (tertiary/aromatic N) is 1. The topological polar surface area (TPSA) is 24.5 Å². The summed E-state index contributed by atoms with van der Waals surface area (Å²) < 4.78 is 5.70. The van der Waals surface area contributed by atoms with Crippen LogP contribution in [-0.2, 0) is 4.74 Å². The van der Waals surface area contributed by atoms with Gasteiger partial charge in [-0.15, -0.1) is 0 Å². The van der Waals surface area contributed by atoms with Crippen molar-refractivity contribution < 1.29 is 4.74 Å². The maximum absolute atomic E-state index is 5.70. The van der Waals surface area contributed by atoms with E-state index >= 15 is 0 Å². The Morgan fingerprint density at radius 3 is 2.75 bits per heavy atom. The van der Waals surface area contributed by atoms with E-state index in [1.807, 2.05) is 6.92 Å². The van der Waals surface area contributed by atoms with Crippen molar-refractivity contribution in [3.05, 3.63) is 12.2 Å². The van der Waals surface area contributed by atoms with E-state index in [0.717, 1.165) is 25.3 Å². The van der Waals surface area contributed by atoms with Crippen molar-refractivity contribution in [2.45, 2.75) is 64.0 Å². The Kier molecular flexibility index (Phi) is 6.06. The van der Waals surface area contributed by atoms with E-state index in [1.165, 1.54) is 45.1 Å². The van der Waals surface area contributed by atoms with E-state index in [2.05, 4.69) is 23.7 Å². The molecule has 0 aromatic heterocycles. The van der Waals surface area contributed by atoms with Gasteiger partial charge in [0.25, 0.3) is 0 Å². The second-order valence-electron chi connectivity index (χ2n) is 6.76. The lowest BCUT2D eigenvalue weighted by Gasteiger charge is -2.49. The van der Waals surface area contributed by atoms with Gasteiger partial charge in [0.1, 0.15) is 0 Å². The van der Waals surface area contributed by atoms with Crippen molar-refractivity contribution in [1.82, 2.24) is 10.2 Å². The molecular weight excluding hydrogens is 248 g/mol. The van der Waals surface area contributed by atoms with E-state index in [9.17, 15) is 0 Å². The van der Waals surface area contributed by atoms with Crippen molar-refractivity contribution in [2.24, 2.45) is 0 Å². The zero-order valence-electron chi connectivity index (χ0n) is 13.4. The molecule has 1 saturated carbocycles. The molecule has 1 atom stereocenters. The third-order valence-electron chi connectivity index (χ3n) is 4.89. The Morgan fingerprint density at radius 1 is 1.35 bits per heavy atom. The van der Waals surface area contributed by atoms with Crippen LogP contribution in [-0.4, -0.2) is 49.3 Å². The molecule has 3 heteroatoms. The van der Waals surface area contributed by atoms with Gasteiger partial charge in [-0.1, -0.05) is 38.3 Å². The molecule has 0 bridgehead atoms. The van der Waals surface area contributed by atoms with Crippen molar-refractivity contribution >= 4 is 0 Å². The van der Waals surface area contributed by atoms with Gasteiger partial charge in [0.15, 0.2) is 0 Å². The van der Waals surface area contributed by atoms with Gasteiger partial charge in [0.05, 0.1) is 13.2 Å². The SMILES string of the molecule is C=C(C)COCCN1CC2(CCCCC2)NCC1CC. The minimum Gasteiger partial charge on any atom is -0.376 e. The first-order valence-electron chi connectivity index (χ1n) is 8.36. The normalized spacial score (nSPS) is 26.8. The van der Waals surface area contributed by atoms with Crippen molar-refractivity contribution in [3.63, 3.8) is 0 Å². The second-order valence-corrected chi connectivity index (χ2v) is 6.76. The molecule has 2 rings (SSSR count). The first-order chi connectivity index (χ1) is 9.65. The molecule has 0 amide bonds. The second kappa shape index (κ2) is 7.58. The summed E-state index contributed by atoms with van der Waals surface area (Å²) in [5.74, 6) is 0. The summed E-state index contributed by atoms with van der Waals surface area (Å²) in [6, 6.07) is 0.677. The molecule has 2 aliphatic rings.